The average molecular weight is 367 g/mol. The second-order valence-electron chi connectivity index (χ2n) is 6.69. The van der Waals surface area contributed by atoms with E-state index in [1.165, 1.54) is 12.1 Å². The fraction of sp³-hybridized carbons (Fsp3) is 0.632. The molecule has 2 fully saturated rings. The summed E-state index contributed by atoms with van der Waals surface area (Å²) >= 11 is 1.74. The maximum Gasteiger partial charge on any atom is 0.223 e. The summed E-state index contributed by atoms with van der Waals surface area (Å²) in [6.45, 7) is 5.49. The minimum atomic E-state index is -0.204. The van der Waals surface area contributed by atoms with E-state index in [1.54, 1.807) is 23.9 Å². The van der Waals surface area contributed by atoms with Gasteiger partial charge in [0.25, 0.3) is 0 Å². The molecule has 6 heteroatoms. The smallest absolute Gasteiger partial charge is 0.223 e. The average Bonchev–Trinajstić information content (AvgIpc) is 2.67. The topological polar surface area (TPSA) is 32.8 Å². The SMILES string of the molecule is O=C(CCSCc1ccc(F)cc1)N1CCC(N2CCOCC2)CC1. The van der Waals surface area contributed by atoms with E-state index in [9.17, 15) is 9.18 Å². The van der Waals surface area contributed by atoms with E-state index in [2.05, 4.69) is 4.90 Å². The summed E-state index contributed by atoms with van der Waals surface area (Å²) in [7, 11) is 0. The van der Waals surface area contributed by atoms with E-state index in [-0.39, 0.29) is 11.7 Å². The first kappa shape index (κ1) is 18.7. The molecule has 0 spiro atoms. The van der Waals surface area contributed by atoms with Crippen LogP contribution in [-0.2, 0) is 15.3 Å². The van der Waals surface area contributed by atoms with Crippen molar-refractivity contribution in [2.75, 3.05) is 45.1 Å². The Balaban J connectivity index is 1.31. The highest BCUT2D eigenvalue weighted by molar-refractivity contribution is 7.98. The lowest BCUT2D eigenvalue weighted by Gasteiger charge is -2.40. The van der Waals surface area contributed by atoms with Crippen LogP contribution in [0.3, 0.4) is 0 Å². The Kier molecular flexibility index (Phi) is 7.13. The van der Waals surface area contributed by atoms with Crippen LogP contribution in [0.25, 0.3) is 0 Å². The molecule has 1 aromatic carbocycles. The third-order valence-corrected chi connectivity index (χ3v) is 6.05. The lowest BCUT2D eigenvalue weighted by atomic mass is 10.0. The minimum absolute atomic E-state index is 0.204. The molecule has 2 aliphatic rings. The van der Waals surface area contributed by atoms with Crippen LogP contribution in [0.2, 0.25) is 0 Å². The molecular weight excluding hydrogens is 339 g/mol. The van der Waals surface area contributed by atoms with Gasteiger partial charge in [0.15, 0.2) is 0 Å². The summed E-state index contributed by atoms with van der Waals surface area (Å²) < 4.78 is 18.3. The number of nitrogens with zero attached hydrogens (tertiary/aromatic N) is 2. The van der Waals surface area contributed by atoms with Gasteiger partial charge in [-0.25, -0.2) is 4.39 Å². The number of carbonyl (C=O) groups is 1. The Bertz CT molecular complexity index is 541. The van der Waals surface area contributed by atoms with Gasteiger partial charge in [-0.3, -0.25) is 9.69 Å². The lowest BCUT2D eigenvalue weighted by molar-refractivity contribution is -0.132. The second-order valence-corrected chi connectivity index (χ2v) is 7.79. The number of piperidine rings is 1. The molecule has 0 saturated carbocycles. The predicted molar refractivity (Wildman–Crippen MR) is 99.2 cm³/mol. The predicted octanol–water partition coefficient (Wildman–Crippen LogP) is 2.77. The molecule has 0 N–H and O–H groups in total. The van der Waals surface area contributed by atoms with E-state index in [0.29, 0.717) is 12.5 Å². The summed E-state index contributed by atoms with van der Waals surface area (Å²) in [5.41, 5.74) is 1.10. The minimum Gasteiger partial charge on any atom is -0.379 e. The van der Waals surface area contributed by atoms with Crippen molar-refractivity contribution in [1.29, 1.82) is 0 Å². The van der Waals surface area contributed by atoms with Gasteiger partial charge in [0.1, 0.15) is 5.82 Å². The zero-order chi connectivity index (χ0) is 17.5. The molecule has 3 rings (SSSR count). The van der Waals surface area contributed by atoms with Crippen LogP contribution in [0.5, 0.6) is 0 Å². The van der Waals surface area contributed by atoms with Crippen molar-refractivity contribution in [3.63, 3.8) is 0 Å². The third kappa shape index (κ3) is 5.69. The van der Waals surface area contributed by atoms with Gasteiger partial charge in [-0.15, -0.1) is 0 Å². The van der Waals surface area contributed by atoms with Gasteiger partial charge >= 0.3 is 0 Å². The molecule has 1 aromatic rings. The van der Waals surface area contributed by atoms with E-state index < -0.39 is 0 Å². The van der Waals surface area contributed by atoms with Crippen molar-refractivity contribution in [3.05, 3.63) is 35.6 Å². The summed E-state index contributed by atoms with van der Waals surface area (Å²) in [6.07, 6.45) is 2.75. The van der Waals surface area contributed by atoms with Crippen molar-refractivity contribution >= 4 is 17.7 Å². The Morgan fingerprint density at radius 3 is 2.48 bits per heavy atom. The van der Waals surface area contributed by atoms with Gasteiger partial charge in [0.05, 0.1) is 13.2 Å². The molecule has 0 aliphatic carbocycles. The van der Waals surface area contributed by atoms with E-state index >= 15 is 0 Å². The standard InChI is InChI=1S/C19H27FN2O2S/c20-17-3-1-16(2-4-17)15-25-14-7-19(23)22-8-5-18(6-9-22)21-10-12-24-13-11-21/h1-4,18H,5-15H2. The number of morpholine rings is 1. The Morgan fingerprint density at radius 2 is 1.80 bits per heavy atom. The first-order valence-corrected chi connectivity index (χ1v) is 10.3. The van der Waals surface area contributed by atoms with E-state index in [1.807, 2.05) is 4.90 Å². The van der Waals surface area contributed by atoms with Gasteiger partial charge in [-0.2, -0.15) is 11.8 Å². The van der Waals surface area contributed by atoms with Crippen molar-refractivity contribution in [2.45, 2.75) is 31.1 Å². The fourth-order valence-electron chi connectivity index (χ4n) is 3.51. The van der Waals surface area contributed by atoms with Crippen molar-refractivity contribution < 1.29 is 13.9 Å². The maximum absolute atomic E-state index is 12.9. The highest BCUT2D eigenvalue weighted by atomic mass is 32.2. The molecule has 0 radical (unpaired) electrons. The monoisotopic (exact) mass is 366 g/mol. The normalized spacial score (nSPS) is 20.0. The number of hydrogen-bond acceptors (Lipinski definition) is 4. The van der Waals surface area contributed by atoms with Crippen LogP contribution in [0.1, 0.15) is 24.8 Å². The molecule has 2 aliphatic heterocycles. The zero-order valence-corrected chi connectivity index (χ0v) is 15.5. The van der Waals surface area contributed by atoms with Gasteiger partial charge in [-0.1, -0.05) is 12.1 Å². The van der Waals surface area contributed by atoms with Gasteiger partial charge in [0.2, 0.25) is 5.91 Å². The van der Waals surface area contributed by atoms with Crippen LogP contribution in [-0.4, -0.2) is 66.9 Å². The third-order valence-electron chi connectivity index (χ3n) is 5.02. The van der Waals surface area contributed by atoms with Crippen LogP contribution < -0.4 is 0 Å². The summed E-state index contributed by atoms with van der Waals surface area (Å²) in [5, 5.41) is 0. The molecule has 0 bridgehead atoms. The van der Waals surface area contributed by atoms with Crippen LogP contribution in [0, 0.1) is 5.82 Å². The molecule has 2 saturated heterocycles. The van der Waals surface area contributed by atoms with Crippen molar-refractivity contribution in [1.82, 2.24) is 9.80 Å². The maximum atomic E-state index is 12.9. The number of rotatable bonds is 6. The first-order valence-electron chi connectivity index (χ1n) is 9.14. The molecule has 2 heterocycles. The first-order chi connectivity index (χ1) is 12.2. The van der Waals surface area contributed by atoms with E-state index in [0.717, 1.165) is 69.3 Å². The number of carbonyl (C=O) groups excluding carboxylic acids is 1. The second kappa shape index (κ2) is 9.55. The van der Waals surface area contributed by atoms with Crippen molar-refractivity contribution in [2.24, 2.45) is 0 Å². The highest BCUT2D eigenvalue weighted by Gasteiger charge is 2.27. The lowest BCUT2D eigenvalue weighted by Crippen LogP contribution is -2.50. The number of likely N-dealkylation sites (tertiary alicyclic amines) is 1. The van der Waals surface area contributed by atoms with Crippen LogP contribution >= 0.6 is 11.8 Å². The molecule has 0 unspecified atom stereocenters. The highest BCUT2D eigenvalue weighted by Crippen LogP contribution is 2.19. The number of amides is 1. The van der Waals surface area contributed by atoms with Gasteiger partial charge in [-0.05, 0) is 30.5 Å². The van der Waals surface area contributed by atoms with Crippen LogP contribution in [0.15, 0.2) is 24.3 Å². The summed E-state index contributed by atoms with van der Waals surface area (Å²) in [4.78, 5) is 16.9. The fourth-order valence-corrected chi connectivity index (χ4v) is 4.40. The largest absolute Gasteiger partial charge is 0.379 e. The number of halogens is 1. The number of benzene rings is 1. The van der Waals surface area contributed by atoms with Crippen LogP contribution in [0.4, 0.5) is 4.39 Å². The Hall–Kier alpha value is -1.11. The van der Waals surface area contributed by atoms with Gasteiger partial charge in [0, 0.05) is 50.1 Å². The molecule has 138 valence electrons. The molecular formula is C19H27FN2O2S. The van der Waals surface area contributed by atoms with E-state index in [4.69, 9.17) is 4.74 Å². The molecule has 1 amide bonds. The molecule has 0 aromatic heterocycles. The number of ether oxygens (including phenoxy) is 1. The molecule has 0 atom stereocenters. The van der Waals surface area contributed by atoms with Gasteiger partial charge < -0.3 is 9.64 Å². The Morgan fingerprint density at radius 1 is 1.12 bits per heavy atom. The quantitative estimate of drug-likeness (QED) is 0.725. The molecule has 25 heavy (non-hydrogen) atoms. The number of thioether (sulfide) groups is 1. The molecule has 4 nitrogen and oxygen atoms in total. The zero-order valence-electron chi connectivity index (χ0n) is 14.7. The summed E-state index contributed by atoms with van der Waals surface area (Å²) in [5.74, 6) is 1.71. The summed E-state index contributed by atoms with van der Waals surface area (Å²) in [6, 6.07) is 7.20. The Labute approximate surface area is 153 Å². The number of hydrogen-bond donors (Lipinski definition) is 0. The van der Waals surface area contributed by atoms with Crippen molar-refractivity contribution in [3.8, 4) is 0 Å².